The normalized spacial score (nSPS) is 21.1. The van der Waals surface area contributed by atoms with E-state index in [1.165, 1.54) is 5.56 Å². The lowest BCUT2D eigenvalue weighted by atomic mass is 9.97. The molecule has 2 atom stereocenters. The Kier molecular flexibility index (Phi) is 15.1. The number of carbonyl (C=O) groups is 2. The number of benzene rings is 2. The average molecular weight is 759 g/mol. The van der Waals surface area contributed by atoms with Gasteiger partial charge in [0.25, 0.3) is 0 Å². The molecular formula is C41H57Cl2N3O6. The van der Waals surface area contributed by atoms with Crippen molar-refractivity contribution in [3.63, 3.8) is 0 Å². The number of halogens is 2. The largest absolute Gasteiger partial charge is 0.444 e. The molecule has 286 valence electrons. The van der Waals surface area contributed by atoms with E-state index in [1.54, 1.807) is 4.90 Å². The minimum absolute atomic E-state index is 0.0923. The van der Waals surface area contributed by atoms with Gasteiger partial charge < -0.3 is 23.8 Å². The topological polar surface area (TPSA) is 80.8 Å². The summed E-state index contributed by atoms with van der Waals surface area (Å²) < 4.78 is 22.6. The molecule has 5 rings (SSSR count). The Balaban J connectivity index is 0.000000239. The number of ether oxygens (including phenoxy) is 4. The molecule has 0 saturated carbocycles. The molecule has 0 unspecified atom stereocenters. The van der Waals surface area contributed by atoms with Gasteiger partial charge in [0.2, 0.25) is 0 Å². The van der Waals surface area contributed by atoms with Crippen LogP contribution in [0.1, 0.15) is 65.5 Å². The molecule has 0 bridgehead atoms. The van der Waals surface area contributed by atoms with Gasteiger partial charge in [-0.3, -0.25) is 9.80 Å². The van der Waals surface area contributed by atoms with Crippen LogP contribution >= 0.6 is 23.2 Å². The van der Waals surface area contributed by atoms with Crippen LogP contribution in [0.4, 0.5) is 9.59 Å². The first-order valence-corrected chi connectivity index (χ1v) is 18.9. The van der Waals surface area contributed by atoms with Crippen LogP contribution in [0.5, 0.6) is 0 Å². The van der Waals surface area contributed by atoms with Gasteiger partial charge in [0.1, 0.15) is 11.2 Å². The van der Waals surface area contributed by atoms with Crippen molar-refractivity contribution in [1.82, 2.24) is 14.7 Å². The summed E-state index contributed by atoms with van der Waals surface area (Å²) in [7, 11) is 0. The van der Waals surface area contributed by atoms with Gasteiger partial charge in [0, 0.05) is 48.3 Å². The van der Waals surface area contributed by atoms with Crippen LogP contribution in [0, 0.1) is 0 Å². The van der Waals surface area contributed by atoms with Crippen LogP contribution in [-0.2, 0) is 31.8 Å². The highest BCUT2D eigenvalue weighted by Crippen LogP contribution is 2.26. The summed E-state index contributed by atoms with van der Waals surface area (Å²) in [5, 5.41) is 1.45. The first-order chi connectivity index (χ1) is 24.5. The summed E-state index contributed by atoms with van der Waals surface area (Å²) in [6.07, 6.45) is 2.92. The van der Waals surface area contributed by atoms with Gasteiger partial charge in [0.15, 0.2) is 0 Å². The maximum absolute atomic E-state index is 12.6. The molecule has 11 heteroatoms. The quantitative estimate of drug-likeness (QED) is 0.283. The van der Waals surface area contributed by atoms with Crippen molar-refractivity contribution in [2.75, 3.05) is 52.6 Å². The second kappa shape index (κ2) is 18.8. The third kappa shape index (κ3) is 13.7. The van der Waals surface area contributed by atoms with Gasteiger partial charge in [0.05, 0.1) is 32.5 Å². The van der Waals surface area contributed by atoms with Crippen LogP contribution in [-0.4, -0.2) is 109 Å². The Morgan fingerprint density at radius 1 is 0.712 bits per heavy atom. The van der Waals surface area contributed by atoms with E-state index in [-0.39, 0.29) is 24.3 Å². The maximum Gasteiger partial charge on any atom is 0.410 e. The van der Waals surface area contributed by atoms with Crippen molar-refractivity contribution in [3.05, 3.63) is 94.0 Å². The molecule has 9 nitrogen and oxygen atoms in total. The molecule has 3 aliphatic heterocycles. The zero-order valence-electron chi connectivity index (χ0n) is 31.8. The second-order valence-electron chi connectivity index (χ2n) is 16.0. The molecule has 2 aromatic rings. The van der Waals surface area contributed by atoms with Crippen LogP contribution < -0.4 is 0 Å². The predicted molar refractivity (Wildman–Crippen MR) is 208 cm³/mol. The molecule has 0 aromatic heterocycles. The molecule has 2 aromatic carbocycles. The minimum atomic E-state index is -0.531. The van der Waals surface area contributed by atoms with Crippen LogP contribution in [0.15, 0.2) is 72.8 Å². The Morgan fingerprint density at radius 3 is 1.65 bits per heavy atom. The number of nitrogens with zero attached hydrogens (tertiary/aromatic N) is 3. The summed E-state index contributed by atoms with van der Waals surface area (Å²) in [5.74, 6) is 0. The maximum atomic E-state index is 12.6. The van der Waals surface area contributed by atoms with Gasteiger partial charge in [-0.25, -0.2) is 9.59 Å². The zero-order chi connectivity index (χ0) is 38.1. The van der Waals surface area contributed by atoms with Crippen molar-refractivity contribution in [2.45, 2.75) is 96.6 Å². The monoisotopic (exact) mass is 757 g/mol. The number of piperidine rings is 1. The molecule has 0 radical (unpaired) electrons. The Labute approximate surface area is 320 Å². The van der Waals surface area contributed by atoms with Gasteiger partial charge in [-0.2, -0.15) is 0 Å². The smallest absolute Gasteiger partial charge is 0.410 e. The number of hydrogen-bond acceptors (Lipinski definition) is 7. The molecule has 3 saturated heterocycles. The summed E-state index contributed by atoms with van der Waals surface area (Å²) in [6, 6.07) is 16.3. The standard InChI is InChI=1S/C23H33ClN2O3.C18H24ClNO3/c1-17-14-26(20-9-11-25(12-10-20)22(27)29-23(2,3)4)21(16-28-15-17)13-18-5-7-19(24)8-6-18;1-13-10-20(17(21)23-18(2,3)4)16(12-22-11-13)9-14-5-7-15(19)8-6-14/h5-8,20-21H,1,9-16H2,2-4H3;5-8,16H,1,9-12H2,2-4H3/t21-;16-/m00/s1. The van der Waals surface area contributed by atoms with Gasteiger partial charge in [-0.15, -0.1) is 0 Å². The molecular weight excluding hydrogens is 701 g/mol. The molecule has 52 heavy (non-hydrogen) atoms. The lowest BCUT2D eigenvalue weighted by molar-refractivity contribution is 0.00876. The van der Waals surface area contributed by atoms with E-state index in [1.807, 2.05) is 82.8 Å². The lowest BCUT2D eigenvalue weighted by Gasteiger charge is -2.41. The van der Waals surface area contributed by atoms with E-state index in [2.05, 4.69) is 30.2 Å². The fraction of sp³-hybridized carbons (Fsp3) is 0.561. The highest BCUT2D eigenvalue weighted by molar-refractivity contribution is 6.30. The minimum Gasteiger partial charge on any atom is -0.444 e. The Bertz CT molecular complexity index is 1490. The Morgan fingerprint density at radius 2 is 1.15 bits per heavy atom. The van der Waals surface area contributed by atoms with Crippen molar-refractivity contribution in [2.24, 2.45) is 0 Å². The predicted octanol–water partition coefficient (Wildman–Crippen LogP) is 8.61. The zero-order valence-corrected chi connectivity index (χ0v) is 33.3. The third-order valence-corrected chi connectivity index (χ3v) is 9.43. The first-order valence-electron chi connectivity index (χ1n) is 18.2. The van der Waals surface area contributed by atoms with Crippen molar-refractivity contribution in [3.8, 4) is 0 Å². The van der Waals surface area contributed by atoms with E-state index in [9.17, 15) is 9.59 Å². The van der Waals surface area contributed by atoms with Gasteiger partial charge >= 0.3 is 12.2 Å². The third-order valence-electron chi connectivity index (χ3n) is 8.93. The molecule has 3 aliphatic rings. The van der Waals surface area contributed by atoms with Crippen LogP contribution in [0.2, 0.25) is 10.0 Å². The molecule has 2 amide bonds. The van der Waals surface area contributed by atoms with E-state index < -0.39 is 11.2 Å². The van der Waals surface area contributed by atoms with Crippen molar-refractivity contribution >= 4 is 35.4 Å². The molecule has 0 aliphatic carbocycles. The summed E-state index contributed by atoms with van der Waals surface area (Å²) in [6.45, 7) is 24.4. The number of amides is 2. The Hall–Kier alpha value is -3.08. The van der Waals surface area contributed by atoms with Crippen LogP contribution in [0.3, 0.4) is 0 Å². The highest BCUT2D eigenvalue weighted by atomic mass is 35.5. The second-order valence-corrected chi connectivity index (χ2v) is 16.9. The lowest BCUT2D eigenvalue weighted by Crippen LogP contribution is -2.52. The SMILES string of the molecule is C=C1COC[C@H](Cc2ccc(Cl)cc2)N(C(=O)OC(C)(C)C)C1.C=C1COC[C@H](Cc2ccc(Cl)cc2)N(C2CCN(C(=O)OC(C)(C)C)CC2)C1. The first kappa shape index (κ1) is 41.7. The number of likely N-dealkylation sites (tertiary alicyclic amines) is 1. The number of hydrogen-bond donors (Lipinski definition) is 0. The van der Waals surface area contributed by atoms with E-state index >= 15 is 0 Å². The van der Waals surface area contributed by atoms with E-state index in [0.29, 0.717) is 50.5 Å². The van der Waals surface area contributed by atoms with Crippen molar-refractivity contribution < 1.29 is 28.5 Å². The average Bonchev–Trinajstić information content (AvgIpc) is 3.36. The number of rotatable bonds is 5. The molecule has 0 spiro atoms. The molecule has 3 heterocycles. The van der Waals surface area contributed by atoms with Crippen molar-refractivity contribution in [1.29, 1.82) is 0 Å². The van der Waals surface area contributed by atoms with Gasteiger partial charge in [-0.05, 0) is 114 Å². The fourth-order valence-corrected chi connectivity index (χ4v) is 6.76. The summed E-state index contributed by atoms with van der Waals surface area (Å²) >= 11 is 12.0. The van der Waals surface area contributed by atoms with E-state index in [4.69, 9.17) is 42.1 Å². The summed E-state index contributed by atoms with van der Waals surface area (Å²) in [4.78, 5) is 31.0. The number of carbonyl (C=O) groups excluding carboxylic acids is 2. The van der Waals surface area contributed by atoms with Gasteiger partial charge in [-0.1, -0.05) is 60.6 Å². The molecule has 3 fully saturated rings. The van der Waals surface area contributed by atoms with E-state index in [0.717, 1.165) is 60.6 Å². The molecule has 0 N–H and O–H groups in total. The van der Waals surface area contributed by atoms with Crippen LogP contribution in [0.25, 0.3) is 0 Å². The fourth-order valence-electron chi connectivity index (χ4n) is 6.51. The highest BCUT2D eigenvalue weighted by Gasteiger charge is 2.34. The summed E-state index contributed by atoms with van der Waals surface area (Å²) in [5.41, 5.74) is 3.34.